The quantitative estimate of drug-likeness (QED) is 0.914. The Hall–Kier alpha value is -2.78. The third kappa shape index (κ3) is 3.42. The predicted octanol–water partition coefficient (Wildman–Crippen LogP) is 2.77. The van der Waals surface area contributed by atoms with Gasteiger partial charge in [0.15, 0.2) is 11.5 Å². The Morgan fingerprint density at radius 3 is 2.79 bits per heavy atom. The molecule has 2 aromatic rings. The van der Waals surface area contributed by atoms with Crippen LogP contribution in [0.2, 0.25) is 0 Å². The molecule has 0 saturated carbocycles. The van der Waals surface area contributed by atoms with Crippen LogP contribution in [-0.2, 0) is 13.1 Å². The van der Waals surface area contributed by atoms with Crippen LogP contribution in [0.4, 0.5) is 4.39 Å². The summed E-state index contributed by atoms with van der Waals surface area (Å²) in [7, 11) is 1.58. The average molecular weight is 328 g/mol. The SMILES string of the molecule is COc1cc(CNCc2ccc(C#N)cc2F)cc2c1OCCO2. The van der Waals surface area contributed by atoms with Gasteiger partial charge in [-0.2, -0.15) is 5.26 Å². The molecule has 0 radical (unpaired) electrons. The Bertz CT molecular complexity index is 769. The van der Waals surface area contributed by atoms with Crippen molar-refractivity contribution in [2.45, 2.75) is 13.1 Å². The maximum absolute atomic E-state index is 13.9. The monoisotopic (exact) mass is 328 g/mol. The largest absolute Gasteiger partial charge is 0.493 e. The molecular formula is C18H17FN2O3. The molecule has 0 spiro atoms. The number of nitrogens with one attached hydrogen (secondary N) is 1. The third-order valence-corrected chi connectivity index (χ3v) is 3.71. The average Bonchev–Trinajstić information content (AvgIpc) is 2.62. The van der Waals surface area contributed by atoms with E-state index in [0.29, 0.717) is 54.7 Å². The molecule has 0 unspecified atom stereocenters. The lowest BCUT2D eigenvalue weighted by molar-refractivity contribution is 0.165. The molecule has 0 aromatic heterocycles. The normalized spacial score (nSPS) is 12.5. The van der Waals surface area contributed by atoms with E-state index in [2.05, 4.69) is 5.32 Å². The minimum absolute atomic E-state index is 0.313. The van der Waals surface area contributed by atoms with Gasteiger partial charge in [-0.3, -0.25) is 0 Å². The summed E-state index contributed by atoms with van der Waals surface area (Å²) in [6, 6.07) is 10.1. The fraction of sp³-hybridized carbons (Fsp3) is 0.278. The summed E-state index contributed by atoms with van der Waals surface area (Å²) in [4.78, 5) is 0. The number of methoxy groups -OCH3 is 1. The lowest BCUT2D eigenvalue weighted by Gasteiger charge is -2.21. The van der Waals surface area contributed by atoms with Gasteiger partial charge >= 0.3 is 0 Å². The first-order valence-corrected chi connectivity index (χ1v) is 7.57. The number of halogens is 1. The predicted molar refractivity (Wildman–Crippen MR) is 85.6 cm³/mol. The lowest BCUT2D eigenvalue weighted by atomic mass is 10.1. The van der Waals surface area contributed by atoms with Crippen LogP contribution in [0.15, 0.2) is 30.3 Å². The minimum Gasteiger partial charge on any atom is -0.493 e. The molecule has 0 saturated heterocycles. The highest BCUT2D eigenvalue weighted by molar-refractivity contribution is 5.54. The van der Waals surface area contributed by atoms with E-state index in [9.17, 15) is 4.39 Å². The molecule has 0 bridgehead atoms. The smallest absolute Gasteiger partial charge is 0.203 e. The number of hydrogen-bond donors (Lipinski definition) is 1. The van der Waals surface area contributed by atoms with Gasteiger partial charge in [-0.25, -0.2) is 4.39 Å². The number of nitriles is 1. The topological polar surface area (TPSA) is 63.5 Å². The zero-order valence-electron chi connectivity index (χ0n) is 13.3. The van der Waals surface area contributed by atoms with E-state index >= 15 is 0 Å². The molecule has 1 heterocycles. The van der Waals surface area contributed by atoms with Crippen LogP contribution < -0.4 is 19.5 Å². The van der Waals surface area contributed by atoms with E-state index in [1.54, 1.807) is 19.2 Å². The maximum atomic E-state index is 13.9. The molecule has 0 aliphatic carbocycles. The molecule has 0 amide bonds. The summed E-state index contributed by atoms with van der Waals surface area (Å²) in [5.41, 5.74) is 1.77. The van der Waals surface area contributed by atoms with Crippen molar-refractivity contribution in [2.24, 2.45) is 0 Å². The highest BCUT2D eigenvalue weighted by atomic mass is 19.1. The van der Waals surface area contributed by atoms with Crippen LogP contribution in [0.25, 0.3) is 0 Å². The van der Waals surface area contributed by atoms with E-state index in [4.69, 9.17) is 19.5 Å². The Labute approximate surface area is 139 Å². The van der Waals surface area contributed by atoms with Crippen LogP contribution in [0.1, 0.15) is 16.7 Å². The maximum Gasteiger partial charge on any atom is 0.203 e. The molecule has 6 heteroatoms. The van der Waals surface area contributed by atoms with Gasteiger partial charge in [-0.1, -0.05) is 6.07 Å². The first-order chi connectivity index (χ1) is 11.7. The van der Waals surface area contributed by atoms with Gasteiger partial charge in [-0.05, 0) is 29.8 Å². The van der Waals surface area contributed by atoms with Gasteiger partial charge in [0.2, 0.25) is 5.75 Å². The molecule has 2 aromatic carbocycles. The number of hydrogen-bond acceptors (Lipinski definition) is 5. The van der Waals surface area contributed by atoms with Gasteiger partial charge in [-0.15, -0.1) is 0 Å². The molecular weight excluding hydrogens is 311 g/mol. The number of rotatable bonds is 5. The van der Waals surface area contributed by atoms with Crippen molar-refractivity contribution in [3.8, 4) is 23.3 Å². The first-order valence-electron chi connectivity index (χ1n) is 7.57. The first kappa shape index (κ1) is 16.1. The van der Waals surface area contributed by atoms with Crippen LogP contribution in [0.5, 0.6) is 17.2 Å². The summed E-state index contributed by atoms with van der Waals surface area (Å²) >= 11 is 0. The zero-order chi connectivity index (χ0) is 16.9. The van der Waals surface area contributed by atoms with Crippen molar-refractivity contribution in [1.29, 1.82) is 5.26 Å². The number of ether oxygens (including phenoxy) is 3. The third-order valence-electron chi connectivity index (χ3n) is 3.71. The second-order valence-electron chi connectivity index (χ2n) is 5.34. The molecule has 24 heavy (non-hydrogen) atoms. The second-order valence-corrected chi connectivity index (χ2v) is 5.34. The van der Waals surface area contributed by atoms with E-state index in [0.717, 1.165) is 5.56 Å². The molecule has 0 fully saturated rings. The minimum atomic E-state index is -0.388. The Balaban J connectivity index is 1.68. The lowest BCUT2D eigenvalue weighted by Crippen LogP contribution is -2.18. The standard InChI is InChI=1S/C18H17FN2O3/c1-22-16-7-13(8-17-18(16)24-5-4-23-17)10-21-11-14-3-2-12(9-20)6-15(14)19/h2-3,6-8,21H,4-5,10-11H2,1H3. The summed E-state index contributed by atoms with van der Waals surface area (Å²) < 4.78 is 30.4. The van der Waals surface area contributed by atoms with Crippen LogP contribution in [0.3, 0.4) is 0 Å². The highest BCUT2D eigenvalue weighted by Gasteiger charge is 2.18. The van der Waals surface area contributed by atoms with Crippen molar-refractivity contribution in [2.75, 3.05) is 20.3 Å². The van der Waals surface area contributed by atoms with Gasteiger partial charge in [0.05, 0.1) is 18.7 Å². The highest BCUT2D eigenvalue weighted by Crippen LogP contribution is 2.40. The van der Waals surface area contributed by atoms with Crippen LogP contribution in [0, 0.1) is 17.1 Å². The molecule has 1 N–H and O–H groups in total. The summed E-state index contributed by atoms with van der Waals surface area (Å²) in [5, 5.41) is 11.9. The van der Waals surface area contributed by atoms with Crippen molar-refractivity contribution in [1.82, 2.24) is 5.32 Å². The van der Waals surface area contributed by atoms with E-state index < -0.39 is 0 Å². The molecule has 3 rings (SSSR count). The fourth-order valence-corrected chi connectivity index (χ4v) is 2.53. The number of nitrogens with zero attached hydrogens (tertiary/aromatic N) is 1. The summed E-state index contributed by atoms with van der Waals surface area (Å²) in [6.45, 7) is 1.88. The Morgan fingerprint density at radius 1 is 1.21 bits per heavy atom. The summed E-state index contributed by atoms with van der Waals surface area (Å²) in [6.07, 6.45) is 0. The van der Waals surface area contributed by atoms with Crippen molar-refractivity contribution >= 4 is 0 Å². The van der Waals surface area contributed by atoms with Crippen LogP contribution in [-0.4, -0.2) is 20.3 Å². The van der Waals surface area contributed by atoms with Gasteiger partial charge in [0.25, 0.3) is 0 Å². The number of benzene rings is 2. The van der Waals surface area contributed by atoms with Gasteiger partial charge in [0.1, 0.15) is 19.0 Å². The van der Waals surface area contributed by atoms with E-state index in [1.165, 1.54) is 6.07 Å². The second kappa shape index (κ2) is 7.20. The zero-order valence-corrected chi connectivity index (χ0v) is 13.3. The molecule has 1 aliphatic rings. The fourth-order valence-electron chi connectivity index (χ4n) is 2.53. The van der Waals surface area contributed by atoms with E-state index in [1.807, 2.05) is 18.2 Å². The van der Waals surface area contributed by atoms with E-state index in [-0.39, 0.29) is 5.82 Å². The van der Waals surface area contributed by atoms with Crippen molar-refractivity contribution in [3.63, 3.8) is 0 Å². The summed E-state index contributed by atoms with van der Waals surface area (Å²) in [5.74, 6) is 1.50. The molecule has 1 aliphatic heterocycles. The van der Waals surface area contributed by atoms with Crippen LogP contribution >= 0.6 is 0 Å². The molecule has 124 valence electrons. The van der Waals surface area contributed by atoms with Crippen molar-refractivity contribution < 1.29 is 18.6 Å². The molecule has 0 atom stereocenters. The number of fused-ring (bicyclic) bond motifs is 1. The Morgan fingerprint density at radius 2 is 2.04 bits per heavy atom. The van der Waals surface area contributed by atoms with Gasteiger partial charge in [0, 0.05) is 18.7 Å². The Kier molecular flexibility index (Phi) is 4.82. The van der Waals surface area contributed by atoms with Crippen molar-refractivity contribution in [3.05, 3.63) is 52.8 Å². The van der Waals surface area contributed by atoms with Gasteiger partial charge < -0.3 is 19.5 Å². The molecule has 5 nitrogen and oxygen atoms in total.